The van der Waals surface area contributed by atoms with Crippen molar-refractivity contribution in [3.63, 3.8) is 0 Å². The van der Waals surface area contributed by atoms with E-state index in [2.05, 4.69) is 20.4 Å². The zero-order chi connectivity index (χ0) is 18.7. The number of hydrogen-bond donors (Lipinski definition) is 2. The number of nitrogens with one attached hydrogen (secondary N) is 1. The van der Waals surface area contributed by atoms with Crippen LogP contribution in [0.4, 0.5) is 0 Å². The van der Waals surface area contributed by atoms with Gasteiger partial charge in [0, 0.05) is 23.0 Å². The van der Waals surface area contributed by atoms with Crippen molar-refractivity contribution in [3.8, 4) is 11.3 Å². The minimum Gasteiger partial charge on any atom is -0.475 e. The van der Waals surface area contributed by atoms with Crippen molar-refractivity contribution in [1.29, 1.82) is 0 Å². The van der Waals surface area contributed by atoms with Crippen LogP contribution in [0.1, 0.15) is 39.6 Å². The van der Waals surface area contributed by atoms with E-state index in [1.807, 2.05) is 0 Å². The molecule has 2 heterocycles. The molecular formula is C17H14Cl2N4O4. The van der Waals surface area contributed by atoms with Crippen LogP contribution >= 0.6 is 24.0 Å². The molecule has 0 bridgehead atoms. The molecule has 0 aliphatic rings. The van der Waals surface area contributed by atoms with Crippen LogP contribution in [0, 0.1) is 0 Å². The molecule has 10 heteroatoms. The molecule has 1 amide bonds. The van der Waals surface area contributed by atoms with Crippen LogP contribution in [0.2, 0.25) is 5.02 Å². The number of aromatic nitrogens is 3. The molecule has 140 valence electrons. The number of carbonyl (C=O) groups is 2. The van der Waals surface area contributed by atoms with E-state index in [1.165, 1.54) is 18.6 Å². The molecule has 0 aliphatic carbocycles. The van der Waals surface area contributed by atoms with Crippen LogP contribution < -0.4 is 5.32 Å². The van der Waals surface area contributed by atoms with Gasteiger partial charge < -0.3 is 14.9 Å². The van der Waals surface area contributed by atoms with E-state index in [4.69, 9.17) is 16.1 Å². The molecule has 0 aliphatic heterocycles. The lowest BCUT2D eigenvalue weighted by atomic mass is 10.0. The normalized spacial score (nSPS) is 11.3. The number of hydrogen-bond acceptors (Lipinski definition) is 6. The highest BCUT2D eigenvalue weighted by molar-refractivity contribution is 6.30. The summed E-state index contributed by atoms with van der Waals surface area (Å²) in [4.78, 5) is 31.5. The van der Waals surface area contributed by atoms with Gasteiger partial charge in [-0.15, -0.1) is 12.4 Å². The van der Waals surface area contributed by atoms with Gasteiger partial charge in [0.05, 0.1) is 17.8 Å². The van der Waals surface area contributed by atoms with Gasteiger partial charge >= 0.3 is 5.97 Å². The second-order valence-corrected chi connectivity index (χ2v) is 5.81. The van der Waals surface area contributed by atoms with E-state index < -0.39 is 17.9 Å². The van der Waals surface area contributed by atoms with Crippen LogP contribution in [-0.4, -0.2) is 32.1 Å². The molecule has 0 radical (unpaired) electrons. The monoisotopic (exact) mass is 408 g/mol. The molecule has 3 rings (SSSR count). The minimum atomic E-state index is -1.28. The van der Waals surface area contributed by atoms with Gasteiger partial charge in [-0.3, -0.25) is 9.78 Å². The summed E-state index contributed by atoms with van der Waals surface area (Å²) >= 11 is 5.89. The Balaban J connectivity index is 0.00000261. The fourth-order valence-corrected chi connectivity index (χ4v) is 2.55. The fourth-order valence-electron chi connectivity index (χ4n) is 2.43. The molecule has 1 aromatic carbocycles. The number of rotatable bonds is 5. The molecule has 2 N–H and O–H groups in total. The molecule has 0 fully saturated rings. The lowest BCUT2D eigenvalue weighted by Gasteiger charge is -2.14. The molecule has 2 aromatic heterocycles. The maximum Gasteiger partial charge on any atom is 0.375 e. The molecule has 0 saturated carbocycles. The van der Waals surface area contributed by atoms with E-state index in [1.54, 1.807) is 31.2 Å². The van der Waals surface area contributed by atoms with Gasteiger partial charge in [-0.1, -0.05) is 28.9 Å². The van der Waals surface area contributed by atoms with Crippen molar-refractivity contribution in [2.24, 2.45) is 0 Å². The minimum absolute atomic E-state index is 0. The Morgan fingerprint density at radius 2 is 1.93 bits per heavy atom. The van der Waals surface area contributed by atoms with E-state index in [-0.39, 0.29) is 29.4 Å². The molecule has 1 atom stereocenters. The topological polar surface area (TPSA) is 118 Å². The number of carboxylic acids is 1. The largest absolute Gasteiger partial charge is 0.475 e. The first-order valence-electron chi connectivity index (χ1n) is 7.53. The van der Waals surface area contributed by atoms with Crippen LogP contribution in [0.5, 0.6) is 0 Å². The van der Waals surface area contributed by atoms with Gasteiger partial charge in [0.1, 0.15) is 11.4 Å². The number of benzene rings is 1. The quantitative estimate of drug-likeness (QED) is 0.663. The Labute approximate surface area is 165 Å². The number of halogens is 2. The second kappa shape index (κ2) is 8.61. The average Bonchev–Trinajstić information content (AvgIpc) is 3.08. The summed E-state index contributed by atoms with van der Waals surface area (Å²) in [7, 11) is 0. The Kier molecular flexibility index (Phi) is 6.49. The number of nitrogens with zero attached hydrogens (tertiary/aromatic N) is 3. The maximum atomic E-state index is 12.3. The second-order valence-electron chi connectivity index (χ2n) is 5.37. The van der Waals surface area contributed by atoms with Crippen LogP contribution in [0.25, 0.3) is 11.3 Å². The van der Waals surface area contributed by atoms with Gasteiger partial charge in [-0.05, 0) is 19.1 Å². The van der Waals surface area contributed by atoms with Crippen molar-refractivity contribution < 1.29 is 19.2 Å². The van der Waals surface area contributed by atoms with E-state index >= 15 is 0 Å². The number of carbonyl (C=O) groups excluding carboxylic acids is 1. The van der Waals surface area contributed by atoms with Crippen LogP contribution in [0.15, 0.2) is 47.4 Å². The van der Waals surface area contributed by atoms with Crippen molar-refractivity contribution >= 4 is 35.9 Å². The zero-order valence-corrected chi connectivity index (χ0v) is 15.5. The van der Waals surface area contributed by atoms with E-state index in [9.17, 15) is 14.7 Å². The number of carboxylic acid groups (broad SMARTS) is 1. The van der Waals surface area contributed by atoms with Crippen LogP contribution in [0.3, 0.4) is 0 Å². The fraction of sp³-hybridized carbons (Fsp3) is 0.118. The van der Waals surface area contributed by atoms with Gasteiger partial charge in [0.25, 0.3) is 5.91 Å². The lowest BCUT2D eigenvalue weighted by molar-refractivity contribution is 0.0648. The molecule has 8 nitrogen and oxygen atoms in total. The average molecular weight is 409 g/mol. The Morgan fingerprint density at radius 1 is 1.22 bits per heavy atom. The van der Waals surface area contributed by atoms with Crippen molar-refractivity contribution in [1.82, 2.24) is 20.4 Å². The smallest absolute Gasteiger partial charge is 0.375 e. The third-order valence-corrected chi connectivity index (χ3v) is 3.87. The summed E-state index contributed by atoms with van der Waals surface area (Å²) in [5, 5.41) is 16.5. The summed E-state index contributed by atoms with van der Waals surface area (Å²) in [5.41, 5.74) is 1.28. The third-order valence-electron chi connectivity index (χ3n) is 3.62. The Hall–Kier alpha value is -2.97. The van der Waals surface area contributed by atoms with Gasteiger partial charge in [0.2, 0.25) is 5.76 Å². The highest BCUT2D eigenvalue weighted by Gasteiger charge is 2.28. The maximum absolute atomic E-state index is 12.3. The highest BCUT2D eigenvalue weighted by atomic mass is 35.5. The molecule has 0 unspecified atom stereocenters. The summed E-state index contributed by atoms with van der Waals surface area (Å²) < 4.78 is 4.99. The molecule has 3 aromatic rings. The number of amides is 1. The number of aromatic carboxylic acids is 1. The standard InChI is InChI=1S/C17H13ClN4O4.ClH/c1-9(21-16(23)12-8-19-6-7-20-12)13-14(22-26-15(13)17(24)25)10-2-4-11(18)5-3-10;/h2-9H,1H3,(H,21,23)(H,24,25);1H/t9-;/m1./s1. The van der Waals surface area contributed by atoms with Crippen molar-refractivity contribution in [2.45, 2.75) is 13.0 Å². The third kappa shape index (κ3) is 4.42. The van der Waals surface area contributed by atoms with Crippen molar-refractivity contribution in [2.75, 3.05) is 0 Å². The van der Waals surface area contributed by atoms with Gasteiger partial charge in [-0.25, -0.2) is 9.78 Å². The molecule has 27 heavy (non-hydrogen) atoms. The van der Waals surface area contributed by atoms with Gasteiger partial charge in [-0.2, -0.15) is 0 Å². The highest BCUT2D eigenvalue weighted by Crippen LogP contribution is 2.31. The summed E-state index contributed by atoms with van der Waals surface area (Å²) in [6.07, 6.45) is 4.15. The predicted octanol–water partition coefficient (Wildman–Crippen LogP) is 3.40. The van der Waals surface area contributed by atoms with E-state index in [0.29, 0.717) is 16.3 Å². The molecule has 0 spiro atoms. The van der Waals surface area contributed by atoms with Crippen LogP contribution in [-0.2, 0) is 0 Å². The SMILES string of the molecule is C[C@@H](NC(=O)c1cnccn1)c1c(-c2ccc(Cl)cc2)noc1C(=O)O.Cl. The zero-order valence-electron chi connectivity index (χ0n) is 13.9. The first-order valence-corrected chi connectivity index (χ1v) is 7.91. The predicted molar refractivity (Wildman–Crippen MR) is 99.1 cm³/mol. The first kappa shape index (κ1) is 20.3. The lowest BCUT2D eigenvalue weighted by Crippen LogP contribution is -2.28. The van der Waals surface area contributed by atoms with Gasteiger partial charge in [0.15, 0.2) is 0 Å². The Bertz CT molecular complexity index is 945. The summed E-state index contributed by atoms with van der Waals surface area (Å²) in [6, 6.07) is 5.98. The van der Waals surface area contributed by atoms with Crippen molar-refractivity contribution in [3.05, 3.63) is 64.9 Å². The summed E-state index contributed by atoms with van der Waals surface area (Å²) in [6.45, 7) is 1.63. The summed E-state index contributed by atoms with van der Waals surface area (Å²) in [5.74, 6) is -2.12. The molecule has 0 saturated heterocycles. The first-order chi connectivity index (χ1) is 12.5. The Morgan fingerprint density at radius 3 is 2.52 bits per heavy atom. The van der Waals surface area contributed by atoms with E-state index in [0.717, 1.165) is 0 Å². The molecular weight excluding hydrogens is 395 g/mol.